The van der Waals surface area contributed by atoms with Crippen molar-refractivity contribution < 1.29 is 16.8 Å². The molecule has 0 radical (unpaired) electrons. The summed E-state index contributed by atoms with van der Waals surface area (Å²) in [6, 6.07) is 0. The summed E-state index contributed by atoms with van der Waals surface area (Å²) in [5.41, 5.74) is -0.241. The van der Waals surface area contributed by atoms with Crippen molar-refractivity contribution in [3.8, 4) is 0 Å². The number of sulfone groups is 2. The van der Waals surface area contributed by atoms with Gasteiger partial charge < -0.3 is 9.80 Å². The van der Waals surface area contributed by atoms with E-state index in [0.29, 0.717) is 9.98 Å². The molecule has 2 aliphatic rings. The van der Waals surface area contributed by atoms with Crippen LogP contribution in [0.3, 0.4) is 0 Å². The van der Waals surface area contributed by atoms with E-state index in [2.05, 4.69) is 0 Å². The van der Waals surface area contributed by atoms with Gasteiger partial charge in [0.1, 0.15) is 11.8 Å². The monoisotopic (exact) mass is 426 g/mol. The summed E-state index contributed by atoms with van der Waals surface area (Å²) in [5, 5.41) is -0.896. The average molecular weight is 427 g/mol. The zero-order chi connectivity index (χ0) is 19.3. The summed E-state index contributed by atoms with van der Waals surface area (Å²) in [4.78, 5) is 4.11. The lowest BCUT2D eigenvalue weighted by Gasteiger charge is -2.25. The smallest absolute Gasteiger partial charge is 0.182 e. The molecule has 0 aliphatic heterocycles. The second kappa shape index (κ2) is 6.69. The van der Waals surface area contributed by atoms with Gasteiger partial charge in [-0.3, -0.25) is 0 Å². The van der Waals surface area contributed by atoms with E-state index in [-0.39, 0.29) is 22.6 Å². The van der Waals surface area contributed by atoms with E-state index in [1.54, 1.807) is 14.1 Å². The summed E-state index contributed by atoms with van der Waals surface area (Å²) in [6.07, 6.45) is 3.76. The molecule has 2 aliphatic carbocycles. The third kappa shape index (κ3) is 5.33. The molecule has 0 aromatic heterocycles. The lowest BCUT2D eigenvalue weighted by molar-refractivity contribution is 0.513. The summed E-state index contributed by atoms with van der Waals surface area (Å²) in [7, 11) is -4.45. The van der Waals surface area contributed by atoms with Crippen LogP contribution < -0.4 is 0 Å². The van der Waals surface area contributed by atoms with Crippen molar-refractivity contribution in [2.45, 2.75) is 39.5 Å². The van der Waals surface area contributed by atoms with Gasteiger partial charge in [0.2, 0.25) is 0 Å². The Morgan fingerprint density at radius 3 is 1.32 bits per heavy atom. The van der Waals surface area contributed by atoms with Crippen LogP contribution in [0, 0.1) is 10.8 Å². The Morgan fingerprint density at radius 1 is 0.800 bits per heavy atom. The predicted molar refractivity (Wildman–Crippen MR) is 108 cm³/mol. The SMILES string of the molecule is CN(CS(=O)(=O)CS(=O)(=O)CN(C)C(=S)C1(C)CC1)C(=S)C1(C)CC1. The zero-order valence-corrected chi connectivity index (χ0v) is 18.4. The molecule has 0 spiro atoms. The molecule has 0 unspecified atom stereocenters. The fourth-order valence-corrected chi connectivity index (χ4v) is 7.70. The zero-order valence-electron chi connectivity index (χ0n) is 15.1. The Hall–Kier alpha value is -0.320. The lowest BCUT2D eigenvalue weighted by atomic mass is 10.1. The number of hydrogen-bond acceptors (Lipinski definition) is 6. The van der Waals surface area contributed by atoms with Crippen molar-refractivity contribution >= 4 is 54.1 Å². The predicted octanol–water partition coefficient (Wildman–Crippen LogP) is 1.81. The van der Waals surface area contributed by atoms with Crippen LogP contribution in [0.25, 0.3) is 0 Å². The first-order valence-corrected chi connectivity index (χ1v) is 12.6. The number of hydrogen-bond donors (Lipinski definition) is 0. The van der Waals surface area contributed by atoms with Crippen molar-refractivity contribution in [1.82, 2.24) is 9.80 Å². The fourth-order valence-electron chi connectivity index (χ4n) is 2.78. The molecule has 2 fully saturated rings. The first-order chi connectivity index (χ1) is 11.2. The van der Waals surface area contributed by atoms with Crippen LogP contribution in [0.15, 0.2) is 0 Å². The molecule has 6 nitrogen and oxygen atoms in total. The molecule has 0 amide bonds. The normalized spacial score (nSPS) is 20.6. The molecule has 25 heavy (non-hydrogen) atoms. The Kier molecular flexibility index (Phi) is 5.61. The summed E-state index contributed by atoms with van der Waals surface area (Å²) >= 11 is 10.6. The molecule has 2 saturated carbocycles. The molecule has 144 valence electrons. The Labute approximate surface area is 161 Å². The van der Waals surface area contributed by atoms with Gasteiger partial charge in [-0.15, -0.1) is 0 Å². The minimum absolute atomic E-state index is 0.120. The summed E-state index contributed by atoms with van der Waals surface area (Å²) < 4.78 is 49.3. The van der Waals surface area contributed by atoms with Crippen LogP contribution in [0.2, 0.25) is 0 Å². The number of nitrogens with zero attached hydrogens (tertiary/aromatic N) is 2. The Morgan fingerprint density at radius 2 is 1.08 bits per heavy atom. The molecule has 0 heterocycles. The van der Waals surface area contributed by atoms with E-state index < -0.39 is 24.8 Å². The largest absolute Gasteiger partial charge is 0.355 e. The highest BCUT2D eigenvalue weighted by Gasteiger charge is 2.45. The minimum atomic E-state index is -3.83. The molecule has 0 N–H and O–H groups in total. The van der Waals surface area contributed by atoms with E-state index >= 15 is 0 Å². The molecule has 0 aromatic carbocycles. The van der Waals surface area contributed by atoms with Gasteiger partial charge in [0, 0.05) is 24.9 Å². The van der Waals surface area contributed by atoms with Crippen LogP contribution in [0.1, 0.15) is 39.5 Å². The second-order valence-electron chi connectivity index (χ2n) is 7.99. The van der Waals surface area contributed by atoms with Gasteiger partial charge in [0.15, 0.2) is 24.8 Å². The maximum Gasteiger partial charge on any atom is 0.182 e. The van der Waals surface area contributed by atoms with Crippen LogP contribution >= 0.6 is 24.4 Å². The molecule has 0 saturated heterocycles. The van der Waals surface area contributed by atoms with Crippen LogP contribution in [-0.4, -0.2) is 67.5 Å². The highest BCUT2D eigenvalue weighted by atomic mass is 32.3. The molecular weight excluding hydrogens is 400 g/mol. The van der Waals surface area contributed by atoms with E-state index in [4.69, 9.17) is 24.4 Å². The van der Waals surface area contributed by atoms with Crippen molar-refractivity contribution in [1.29, 1.82) is 0 Å². The van der Waals surface area contributed by atoms with Gasteiger partial charge in [-0.25, -0.2) is 16.8 Å². The third-order valence-corrected chi connectivity index (χ3v) is 10.9. The number of thiocarbonyl (C=S) groups is 2. The molecule has 2 rings (SSSR count). The summed E-state index contributed by atoms with van der Waals surface area (Å²) in [5.74, 6) is -0.765. The van der Waals surface area contributed by atoms with Crippen molar-refractivity contribution in [2.75, 3.05) is 30.9 Å². The highest BCUT2D eigenvalue weighted by Crippen LogP contribution is 2.47. The molecule has 0 atom stereocenters. The van der Waals surface area contributed by atoms with E-state index in [1.165, 1.54) is 9.80 Å². The molecule has 0 aromatic rings. The van der Waals surface area contributed by atoms with E-state index in [0.717, 1.165) is 25.7 Å². The highest BCUT2D eigenvalue weighted by molar-refractivity contribution is 8.08. The molecular formula is C15H26N2O4S4. The number of rotatable bonds is 8. The first-order valence-electron chi connectivity index (χ1n) is 8.12. The van der Waals surface area contributed by atoms with Crippen molar-refractivity contribution in [2.24, 2.45) is 10.8 Å². The van der Waals surface area contributed by atoms with Gasteiger partial charge in [0.25, 0.3) is 0 Å². The van der Waals surface area contributed by atoms with E-state index in [9.17, 15) is 16.8 Å². The maximum absolute atomic E-state index is 12.3. The molecule has 10 heteroatoms. The maximum atomic E-state index is 12.3. The van der Waals surface area contributed by atoms with Gasteiger partial charge in [-0.1, -0.05) is 38.3 Å². The van der Waals surface area contributed by atoms with Gasteiger partial charge >= 0.3 is 0 Å². The minimum Gasteiger partial charge on any atom is -0.355 e. The molecule has 0 bridgehead atoms. The third-order valence-electron chi connectivity index (χ3n) is 4.87. The fraction of sp³-hybridized carbons (Fsp3) is 0.867. The quantitative estimate of drug-likeness (QED) is 0.544. The average Bonchev–Trinajstić information content (AvgIpc) is 3.35. The van der Waals surface area contributed by atoms with E-state index in [1.807, 2.05) is 13.8 Å². The first kappa shape index (κ1) is 21.0. The van der Waals surface area contributed by atoms with Gasteiger partial charge in [-0.05, 0) is 25.7 Å². The van der Waals surface area contributed by atoms with Crippen molar-refractivity contribution in [3.63, 3.8) is 0 Å². The topological polar surface area (TPSA) is 74.8 Å². The Bertz CT molecular complexity index is 714. The van der Waals surface area contributed by atoms with Crippen LogP contribution in [0.4, 0.5) is 0 Å². The summed E-state index contributed by atoms with van der Waals surface area (Å²) in [6.45, 7) is 3.98. The lowest BCUT2D eigenvalue weighted by Crippen LogP contribution is -2.40. The second-order valence-corrected chi connectivity index (χ2v) is 13.2. The van der Waals surface area contributed by atoms with Gasteiger partial charge in [-0.2, -0.15) is 0 Å². The Balaban J connectivity index is 1.95. The van der Waals surface area contributed by atoms with Crippen molar-refractivity contribution in [3.05, 3.63) is 0 Å². The van der Waals surface area contributed by atoms with Crippen LogP contribution in [0.5, 0.6) is 0 Å². The standard InChI is InChI=1S/C15H26N2O4S4/c1-14(5-6-14)12(22)16(3)9-24(18,19)11-25(20,21)10-17(4)13(23)15(2)7-8-15/h5-11H2,1-4H3. The van der Waals surface area contributed by atoms with Crippen LogP contribution in [-0.2, 0) is 19.7 Å². The van der Waals surface area contributed by atoms with Gasteiger partial charge in [0.05, 0.1) is 9.98 Å².